The molecule has 216 valence electrons. The molecule has 0 saturated heterocycles. The minimum absolute atomic E-state index is 0.302. The van der Waals surface area contributed by atoms with Gasteiger partial charge >= 0.3 is 7.47 Å². The molecule has 0 unspecified atom stereocenters. The van der Waals surface area contributed by atoms with Crippen LogP contribution >= 0.6 is 0 Å². The van der Waals surface area contributed by atoms with Gasteiger partial charge in [-0.15, -0.1) is 0 Å². The van der Waals surface area contributed by atoms with Gasteiger partial charge in [-0.1, -0.05) is 63.1 Å². The summed E-state index contributed by atoms with van der Waals surface area (Å²) >= 11 is 0. The molecule has 2 heterocycles. The number of benzene rings is 2. The zero-order valence-electron chi connectivity index (χ0n) is 23.8. The second-order valence-electron chi connectivity index (χ2n) is 9.55. The standard InChI is InChI=1S/C33H33BF2N2O4/c1-3-5-19-40-32-26(21-24-11-7-9-13-30(24)37-32)15-17-28(39)23-29(42-34(35)36)18-16-27-22-25-12-8-10-14-31(25)38-33(27)41-20-6-4-2/h7-18,21-23H,3-6,19-20H2,1-2H3/b17-15+,18-16+,29-23-. The van der Waals surface area contributed by atoms with Crippen molar-refractivity contribution in [3.8, 4) is 11.8 Å². The highest BCUT2D eigenvalue weighted by Crippen LogP contribution is 2.26. The van der Waals surface area contributed by atoms with E-state index < -0.39 is 13.3 Å². The molecule has 0 aliphatic rings. The Bertz CT molecular complexity index is 1600. The summed E-state index contributed by atoms with van der Waals surface area (Å²) in [6.45, 7) is 5.07. The first kappa shape index (κ1) is 30.4. The number of ketones is 1. The fourth-order valence-electron chi connectivity index (χ4n) is 4.08. The Hall–Kier alpha value is -4.53. The minimum atomic E-state index is -3.11. The Morgan fingerprint density at radius 1 is 0.786 bits per heavy atom. The van der Waals surface area contributed by atoms with Crippen LogP contribution in [0.2, 0.25) is 0 Å². The summed E-state index contributed by atoms with van der Waals surface area (Å²) in [4.78, 5) is 22.0. The zero-order chi connectivity index (χ0) is 29.7. The summed E-state index contributed by atoms with van der Waals surface area (Å²) in [5.41, 5.74) is 2.70. The third kappa shape index (κ3) is 8.74. The molecule has 0 aliphatic carbocycles. The number of rotatable bonds is 15. The second kappa shape index (κ2) is 15.5. The first-order valence-corrected chi connectivity index (χ1v) is 14.1. The van der Waals surface area contributed by atoms with Crippen molar-refractivity contribution in [2.24, 2.45) is 0 Å². The molecular weight excluding hydrogens is 537 g/mol. The molecule has 0 aliphatic heterocycles. The summed E-state index contributed by atoms with van der Waals surface area (Å²) in [6, 6.07) is 18.9. The van der Waals surface area contributed by atoms with Crippen molar-refractivity contribution >= 4 is 47.2 Å². The van der Waals surface area contributed by atoms with Gasteiger partial charge in [-0.2, -0.15) is 0 Å². The van der Waals surface area contributed by atoms with Crippen LogP contribution in [-0.4, -0.2) is 36.4 Å². The normalized spacial score (nSPS) is 12.0. The highest BCUT2D eigenvalue weighted by Gasteiger charge is 2.19. The summed E-state index contributed by atoms with van der Waals surface area (Å²) in [5.74, 6) is -0.0682. The molecule has 0 spiro atoms. The van der Waals surface area contributed by atoms with Crippen molar-refractivity contribution < 1.29 is 27.6 Å². The predicted molar refractivity (Wildman–Crippen MR) is 165 cm³/mol. The average Bonchev–Trinajstić information content (AvgIpc) is 2.98. The van der Waals surface area contributed by atoms with E-state index in [0.717, 1.165) is 53.6 Å². The predicted octanol–water partition coefficient (Wildman–Crippen LogP) is 8.26. The number of fused-ring (bicyclic) bond motifs is 2. The van der Waals surface area contributed by atoms with E-state index >= 15 is 0 Å². The molecular formula is C33H33BF2N2O4. The maximum Gasteiger partial charge on any atom is 0.796 e. The van der Waals surface area contributed by atoms with Crippen LogP contribution in [0, 0.1) is 0 Å². The molecule has 0 bridgehead atoms. The van der Waals surface area contributed by atoms with Crippen LogP contribution in [-0.2, 0) is 9.45 Å². The first-order valence-electron chi connectivity index (χ1n) is 14.1. The number of halogens is 2. The van der Waals surface area contributed by atoms with Gasteiger partial charge in [0.1, 0.15) is 5.76 Å². The summed E-state index contributed by atoms with van der Waals surface area (Å²) in [6.07, 6.45) is 10.3. The Labute approximate surface area is 244 Å². The van der Waals surface area contributed by atoms with Gasteiger partial charge in [-0.25, -0.2) is 18.6 Å². The smallest absolute Gasteiger partial charge is 0.505 e. The lowest BCUT2D eigenvalue weighted by molar-refractivity contribution is -0.110. The van der Waals surface area contributed by atoms with E-state index in [9.17, 15) is 13.4 Å². The van der Waals surface area contributed by atoms with Crippen LogP contribution in [0.3, 0.4) is 0 Å². The molecule has 6 nitrogen and oxygen atoms in total. The quantitative estimate of drug-likeness (QED) is 0.0471. The minimum Gasteiger partial charge on any atom is -0.505 e. The Balaban J connectivity index is 1.61. The lowest BCUT2D eigenvalue weighted by atomic mass is 10.1. The molecule has 42 heavy (non-hydrogen) atoms. The van der Waals surface area contributed by atoms with E-state index in [2.05, 4.69) is 28.5 Å². The van der Waals surface area contributed by atoms with Crippen molar-refractivity contribution in [1.29, 1.82) is 0 Å². The van der Waals surface area contributed by atoms with Crippen molar-refractivity contribution in [2.75, 3.05) is 13.2 Å². The number of carbonyl (C=O) groups excluding carboxylic acids is 1. The molecule has 0 saturated carbocycles. The second-order valence-corrected chi connectivity index (χ2v) is 9.55. The SMILES string of the molecule is CCCCOc1nc2ccccc2cc1/C=C/C(=O)/C=C(/C=C/c1cc2ccccc2nc1OCCCC)OB(F)F. The lowest BCUT2D eigenvalue weighted by Crippen LogP contribution is -2.05. The van der Waals surface area contributed by atoms with E-state index in [4.69, 9.17) is 9.47 Å². The van der Waals surface area contributed by atoms with Crippen LogP contribution in [0.1, 0.15) is 50.7 Å². The molecule has 4 rings (SSSR count). The molecule has 0 radical (unpaired) electrons. The number of para-hydroxylation sites is 2. The molecule has 0 atom stereocenters. The molecule has 0 amide bonds. The van der Waals surface area contributed by atoms with Crippen molar-refractivity contribution in [1.82, 2.24) is 9.97 Å². The van der Waals surface area contributed by atoms with Gasteiger partial charge in [0.2, 0.25) is 11.8 Å². The summed E-state index contributed by atoms with van der Waals surface area (Å²) < 4.78 is 42.9. The van der Waals surface area contributed by atoms with Crippen molar-refractivity contribution in [2.45, 2.75) is 39.5 Å². The topological polar surface area (TPSA) is 70.5 Å². The maximum atomic E-state index is 13.3. The number of ether oxygens (including phenoxy) is 2. The molecule has 4 aromatic rings. The van der Waals surface area contributed by atoms with Crippen LogP contribution in [0.5, 0.6) is 11.8 Å². The number of unbranched alkanes of at least 4 members (excludes halogenated alkanes) is 2. The van der Waals surface area contributed by atoms with E-state index in [1.165, 1.54) is 12.2 Å². The third-order valence-electron chi connectivity index (χ3n) is 6.27. The van der Waals surface area contributed by atoms with Crippen LogP contribution in [0.25, 0.3) is 34.0 Å². The molecule has 2 aromatic heterocycles. The van der Waals surface area contributed by atoms with Crippen molar-refractivity contribution in [3.63, 3.8) is 0 Å². The van der Waals surface area contributed by atoms with Crippen LogP contribution in [0.15, 0.2) is 84.7 Å². The monoisotopic (exact) mass is 570 g/mol. The largest absolute Gasteiger partial charge is 0.796 e. The molecule has 0 N–H and O–H groups in total. The number of hydrogen-bond donors (Lipinski definition) is 0. The Morgan fingerprint density at radius 3 is 1.79 bits per heavy atom. The third-order valence-corrected chi connectivity index (χ3v) is 6.27. The molecule has 9 heteroatoms. The van der Waals surface area contributed by atoms with Gasteiger partial charge in [0.15, 0.2) is 5.78 Å². The van der Waals surface area contributed by atoms with E-state index in [1.807, 2.05) is 60.7 Å². The van der Waals surface area contributed by atoms with Gasteiger partial charge < -0.3 is 14.1 Å². The lowest BCUT2D eigenvalue weighted by Gasteiger charge is -2.10. The van der Waals surface area contributed by atoms with Gasteiger partial charge in [-0.3, -0.25) is 4.79 Å². The molecule has 0 fully saturated rings. The van der Waals surface area contributed by atoms with Crippen LogP contribution < -0.4 is 9.47 Å². The van der Waals surface area contributed by atoms with E-state index in [0.29, 0.717) is 36.1 Å². The summed E-state index contributed by atoms with van der Waals surface area (Å²) in [5, 5.41) is 1.74. The average molecular weight is 570 g/mol. The number of nitrogens with zero attached hydrogens (tertiary/aromatic N) is 2. The molecule has 2 aromatic carbocycles. The number of carbonyl (C=O) groups is 1. The Morgan fingerprint density at radius 2 is 1.29 bits per heavy atom. The zero-order valence-corrected chi connectivity index (χ0v) is 23.8. The number of allylic oxidation sites excluding steroid dienone is 3. The maximum absolute atomic E-state index is 13.3. The van der Waals surface area contributed by atoms with E-state index in [-0.39, 0.29) is 5.76 Å². The fraction of sp³-hybridized carbons (Fsp3) is 0.242. The summed E-state index contributed by atoms with van der Waals surface area (Å²) in [7, 11) is -3.11. The van der Waals surface area contributed by atoms with E-state index in [1.54, 1.807) is 12.2 Å². The van der Waals surface area contributed by atoms with Gasteiger partial charge in [0.25, 0.3) is 0 Å². The van der Waals surface area contributed by atoms with Gasteiger partial charge in [0.05, 0.1) is 24.2 Å². The first-order chi connectivity index (χ1) is 20.5. The highest BCUT2D eigenvalue weighted by molar-refractivity contribution is 6.35. The van der Waals surface area contributed by atoms with Gasteiger partial charge in [0, 0.05) is 28.0 Å². The fourth-order valence-corrected chi connectivity index (χ4v) is 4.08. The number of hydrogen-bond acceptors (Lipinski definition) is 6. The number of pyridine rings is 2. The van der Waals surface area contributed by atoms with Crippen molar-refractivity contribution in [3.05, 3.63) is 95.8 Å². The van der Waals surface area contributed by atoms with Crippen LogP contribution in [0.4, 0.5) is 8.63 Å². The number of aromatic nitrogens is 2. The Kier molecular flexibility index (Phi) is 11.2. The van der Waals surface area contributed by atoms with Gasteiger partial charge in [-0.05, 0) is 61.4 Å². The highest BCUT2D eigenvalue weighted by atomic mass is 19.2.